The fourth-order valence-electron chi connectivity index (χ4n) is 2.82. The van der Waals surface area contributed by atoms with Gasteiger partial charge in [-0.25, -0.2) is 9.18 Å². The summed E-state index contributed by atoms with van der Waals surface area (Å²) in [5, 5.41) is 10.1. The summed E-state index contributed by atoms with van der Waals surface area (Å²) in [5.41, 5.74) is -0.667. The van der Waals surface area contributed by atoms with E-state index in [1.807, 2.05) is 0 Å². The molecule has 0 aliphatic carbocycles. The van der Waals surface area contributed by atoms with Gasteiger partial charge in [0.25, 0.3) is 0 Å². The van der Waals surface area contributed by atoms with Crippen molar-refractivity contribution in [3.8, 4) is 22.9 Å². The third kappa shape index (κ3) is 3.88. The predicted molar refractivity (Wildman–Crippen MR) is 105 cm³/mol. The summed E-state index contributed by atoms with van der Waals surface area (Å²) >= 11 is 12.0. The van der Waals surface area contributed by atoms with Crippen molar-refractivity contribution in [2.24, 2.45) is 0 Å². The molecule has 1 N–H and O–H groups in total. The fraction of sp³-hybridized carbons (Fsp3) is 0.100. The smallest absolute Gasteiger partial charge is 0.341 e. The molecule has 1 heterocycles. The molecule has 2 aromatic carbocycles. The number of carboxylic acids is 1. The SMILES string of the molecule is CCn1c(Oc2cccc(F)c2)cc(=O)c(C(=O)O)c1-c1ccc(Cl)c(Cl)c1. The van der Waals surface area contributed by atoms with Crippen LogP contribution >= 0.6 is 23.2 Å². The van der Waals surface area contributed by atoms with Gasteiger partial charge < -0.3 is 14.4 Å². The van der Waals surface area contributed by atoms with Crippen molar-refractivity contribution in [3.63, 3.8) is 0 Å². The standard InChI is InChI=1S/C20H14Cl2FNO4/c1-2-24-17(28-13-5-3-4-12(23)9-13)10-16(25)18(20(26)27)19(24)11-6-7-14(21)15(22)8-11/h3-10H,2H2,1H3,(H,26,27). The maximum absolute atomic E-state index is 13.5. The Labute approximate surface area is 169 Å². The minimum absolute atomic E-state index is 0.0733. The number of pyridine rings is 1. The molecule has 0 spiro atoms. The van der Waals surface area contributed by atoms with Crippen molar-refractivity contribution in [2.75, 3.05) is 0 Å². The van der Waals surface area contributed by atoms with Gasteiger partial charge in [0.2, 0.25) is 11.3 Å². The average molecular weight is 422 g/mol. The average Bonchev–Trinajstić information content (AvgIpc) is 2.63. The van der Waals surface area contributed by atoms with Gasteiger partial charge in [-0.1, -0.05) is 35.3 Å². The fourth-order valence-corrected chi connectivity index (χ4v) is 3.12. The number of nitrogens with zero attached hydrogens (tertiary/aromatic N) is 1. The molecule has 0 fully saturated rings. The van der Waals surface area contributed by atoms with Crippen molar-refractivity contribution in [1.82, 2.24) is 4.57 Å². The molecule has 0 aliphatic heterocycles. The second-order valence-electron chi connectivity index (χ2n) is 5.81. The van der Waals surface area contributed by atoms with Crippen molar-refractivity contribution in [2.45, 2.75) is 13.5 Å². The zero-order valence-corrected chi connectivity index (χ0v) is 16.1. The molecule has 0 saturated carbocycles. The lowest BCUT2D eigenvalue weighted by molar-refractivity contribution is 0.0695. The monoisotopic (exact) mass is 421 g/mol. The van der Waals surface area contributed by atoms with E-state index < -0.39 is 22.8 Å². The van der Waals surface area contributed by atoms with Crippen LogP contribution in [-0.4, -0.2) is 15.6 Å². The van der Waals surface area contributed by atoms with Gasteiger partial charge in [0.05, 0.1) is 15.7 Å². The first-order valence-electron chi connectivity index (χ1n) is 8.21. The second-order valence-corrected chi connectivity index (χ2v) is 6.62. The first-order chi connectivity index (χ1) is 13.3. The molecule has 5 nitrogen and oxygen atoms in total. The van der Waals surface area contributed by atoms with Crippen LogP contribution < -0.4 is 10.2 Å². The Kier molecular flexibility index (Phi) is 5.72. The van der Waals surface area contributed by atoms with E-state index in [9.17, 15) is 19.1 Å². The van der Waals surface area contributed by atoms with Crippen LogP contribution in [0, 0.1) is 5.82 Å². The highest BCUT2D eigenvalue weighted by Gasteiger charge is 2.23. The van der Waals surface area contributed by atoms with Crippen LogP contribution in [0.2, 0.25) is 10.0 Å². The summed E-state index contributed by atoms with van der Waals surface area (Å²) in [4.78, 5) is 24.3. The summed E-state index contributed by atoms with van der Waals surface area (Å²) in [6, 6.07) is 11.0. The van der Waals surface area contributed by atoms with E-state index in [2.05, 4.69) is 0 Å². The molecule has 144 valence electrons. The van der Waals surface area contributed by atoms with Gasteiger partial charge >= 0.3 is 5.97 Å². The van der Waals surface area contributed by atoms with Gasteiger partial charge in [-0.15, -0.1) is 0 Å². The number of rotatable bonds is 5. The third-order valence-electron chi connectivity index (χ3n) is 4.02. The number of carbonyl (C=O) groups is 1. The Bertz CT molecular complexity index is 1130. The molecule has 0 atom stereocenters. The summed E-state index contributed by atoms with van der Waals surface area (Å²) in [5.74, 6) is -1.64. The second kappa shape index (κ2) is 8.04. The molecule has 28 heavy (non-hydrogen) atoms. The number of benzene rings is 2. The Morgan fingerprint density at radius 1 is 1.14 bits per heavy atom. The molecular formula is C20H14Cl2FNO4. The topological polar surface area (TPSA) is 68.5 Å². The molecule has 1 aromatic heterocycles. The van der Waals surface area contributed by atoms with E-state index in [1.165, 1.54) is 34.9 Å². The van der Waals surface area contributed by atoms with Gasteiger partial charge in [-0.05, 0) is 31.2 Å². The quantitative estimate of drug-likeness (QED) is 0.592. The molecule has 8 heteroatoms. The zero-order chi connectivity index (χ0) is 20.4. The molecular weight excluding hydrogens is 408 g/mol. The third-order valence-corrected chi connectivity index (χ3v) is 4.75. The predicted octanol–water partition coefficient (Wildman–Crippen LogP) is 5.47. The first-order valence-corrected chi connectivity index (χ1v) is 8.97. The summed E-state index contributed by atoms with van der Waals surface area (Å²) in [6.07, 6.45) is 0. The maximum Gasteiger partial charge on any atom is 0.341 e. The molecule has 0 aliphatic rings. The Morgan fingerprint density at radius 2 is 1.89 bits per heavy atom. The van der Waals surface area contributed by atoms with Gasteiger partial charge in [-0.3, -0.25) is 4.79 Å². The van der Waals surface area contributed by atoms with Crippen LogP contribution in [0.5, 0.6) is 11.6 Å². The highest BCUT2D eigenvalue weighted by molar-refractivity contribution is 6.42. The molecule has 3 aromatic rings. The number of hydrogen-bond donors (Lipinski definition) is 1. The zero-order valence-electron chi connectivity index (χ0n) is 14.6. The highest BCUT2D eigenvalue weighted by Crippen LogP contribution is 2.33. The van der Waals surface area contributed by atoms with Crippen LogP contribution in [-0.2, 0) is 6.54 Å². The lowest BCUT2D eigenvalue weighted by Gasteiger charge is -2.19. The lowest BCUT2D eigenvalue weighted by atomic mass is 10.0. The van der Waals surface area contributed by atoms with E-state index in [0.717, 1.165) is 12.1 Å². The summed E-state index contributed by atoms with van der Waals surface area (Å²) in [7, 11) is 0. The van der Waals surface area contributed by atoms with E-state index in [0.29, 0.717) is 10.6 Å². The molecule has 0 radical (unpaired) electrons. The van der Waals surface area contributed by atoms with E-state index in [-0.39, 0.29) is 28.9 Å². The molecule has 0 bridgehead atoms. The Morgan fingerprint density at radius 3 is 2.50 bits per heavy atom. The molecule has 0 amide bonds. The maximum atomic E-state index is 13.5. The molecule has 0 unspecified atom stereocenters. The van der Waals surface area contributed by atoms with Gasteiger partial charge in [-0.2, -0.15) is 0 Å². The van der Waals surface area contributed by atoms with Gasteiger partial charge in [0, 0.05) is 24.2 Å². The molecule has 0 saturated heterocycles. The Balaban J connectivity index is 2.28. The number of aromatic nitrogens is 1. The van der Waals surface area contributed by atoms with Crippen LogP contribution in [0.15, 0.2) is 53.3 Å². The van der Waals surface area contributed by atoms with Crippen molar-refractivity contribution < 1.29 is 19.0 Å². The van der Waals surface area contributed by atoms with Crippen molar-refractivity contribution in [1.29, 1.82) is 0 Å². The van der Waals surface area contributed by atoms with Crippen LogP contribution in [0.25, 0.3) is 11.3 Å². The van der Waals surface area contributed by atoms with Crippen LogP contribution in [0.1, 0.15) is 17.3 Å². The highest BCUT2D eigenvalue weighted by atomic mass is 35.5. The van der Waals surface area contributed by atoms with Crippen molar-refractivity contribution in [3.05, 3.63) is 80.2 Å². The normalized spacial score (nSPS) is 10.7. The minimum atomic E-state index is -1.38. The van der Waals surface area contributed by atoms with Crippen molar-refractivity contribution >= 4 is 29.2 Å². The van der Waals surface area contributed by atoms with Gasteiger partial charge in [0.15, 0.2) is 0 Å². The molecule has 3 rings (SSSR count). The summed E-state index contributed by atoms with van der Waals surface area (Å²) in [6.45, 7) is 2.04. The number of halogens is 3. The van der Waals surface area contributed by atoms with Crippen LogP contribution in [0.3, 0.4) is 0 Å². The number of ether oxygens (including phenoxy) is 1. The van der Waals surface area contributed by atoms with Gasteiger partial charge in [0.1, 0.15) is 17.1 Å². The number of carboxylic acid groups (broad SMARTS) is 1. The lowest BCUT2D eigenvalue weighted by Crippen LogP contribution is -2.21. The van der Waals surface area contributed by atoms with E-state index >= 15 is 0 Å². The number of aromatic carboxylic acids is 1. The summed E-state index contributed by atoms with van der Waals surface area (Å²) < 4.78 is 20.7. The van der Waals surface area contributed by atoms with E-state index in [1.54, 1.807) is 13.0 Å². The minimum Gasteiger partial charge on any atom is -0.477 e. The first kappa shape index (κ1) is 19.9. The number of hydrogen-bond acceptors (Lipinski definition) is 3. The van der Waals surface area contributed by atoms with Crippen LogP contribution in [0.4, 0.5) is 4.39 Å². The largest absolute Gasteiger partial charge is 0.477 e. The Hall–Kier alpha value is -2.83. The van der Waals surface area contributed by atoms with E-state index in [4.69, 9.17) is 27.9 Å².